The lowest BCUT2D eigenvalue weighted by Gasteiger charge is -2.20. The number of benzene rings is 1. The fourth-order valence-corrected chi connectivity index (χ4v) is 1.96. The first-order valence-corrected chi connectivity index (χ1v) is 6.38. The number of hydrogen-bond donors (Lipinski definition) is 1. The van der Waals surface area contributed by atoms with Crippen molar-refractivity contribution in [3.8, 4) is 5.75 Å². The Morgan fingerprint density at radius 3 is 2.74 bits per heavy atom. The largest absolute Gasteiger partial charge is 0.492 e. The molecule has 0 bridgehead atoms. The maximum atomic E-state index is 5.88. The highest BCUT2D eigenvalue weighted by Gasteiger charge is 2.09. The molecule has 2 rings (SSSR count). The standard InChI is InChI=1S/C15H20N2O2/c1-4-18-15-9-13(5-6-14(15)16)17(3)10-12-7-8-19-11(12)2/h5-9H,4,10,16H2,1-3H3. The third-order valence-corrected chi connectivity index (χ3v) is 3.11. The van der Waals surface area contributed by atoms with Gasteiger partial charge in [-0.3, -0.25) is 0 Å². The summed E-state index contributed by atoms with van der Waals surface area (Å²) in [6.07, 6.45) is 1.72. The van der Waals surface area contributed by atoms with Crippen LogP contribution < -0.4 is 15.4 Å². The second kappa shape index (κ2) is 5.69. The van der Waals surface area contributed by atoms with Crippen LogP contribution in [0.2, 0.25) is 0 Å². The Balaban J connectivity index is 2.17. The van der Waals surface area contributed by atoms with E-state index in [1.807, 2.05) is 45.2 Å². The van der Waals surface area contributed by atoms with Crippen LogP contribution in [0.15, 0.2) is 34.9 Å². The van der Waals surface area contributed by atoms with Crippen LogP contribution in [0.5, 0.6) is 5.75 Å². The summed E-state index contributed by atoms with van der Waals surface area (Å²) in [5.74, 6) is 1.68. The van der Waals surface area contributed by atoms with Crippen molar-refractivity contribution in [2.75, 3.05) is 24.3 Å². The Morgan fingerprint density at radius 2 is 2.11 bits per heavy atom. The molecule has 0 aliphatic heterocycles. The van der Waals surface area contributed by atoms with Crippen LogP contribution in [0.1, 0.15) is 18.2 Å². The van der Waals surface area contributed by atoms with Crippen molar-refractivity contribution in [1.29, 1.82) is 0 Å². The Labute approximate surface area is 113 Å². The van der Waals surface area contributed by atoms with Crippen molar-refractivity contribution in [3.63, 3.8) is 0 Å². The molecule has 0 amide bonds. The monoisotopic (exact) mass is 260 g/mol. The molecule has 1 aromatic carbocycles. The van der Waals surface area contributed by atoms with E-state index < -0.39 is 0 Å². The number of ether oxygens (including phenoxy) is 1. The Bertz CT molecular complexity index is 549. The lowest BCUT2D eigenvalue weighted by Crippen LogP contribution is -2.16. The Hall–Kier alpha value is -2.10. The summed E-state index contributed by atoms with van der Waals surface area (Å²) in [5.41, 5.74) is 8.79. The van der Waals surface area contributed by atoms with Gasteiger partial charge in [0.2, 0.25) is 0 Å². The molecule has 102 valence electrons. The van der Waals surface area contributed by atoms with Crippen molar-refractivity contribution in [2.24, 2.45) is 0 Å². The highest BCUT2D eigenvalue weighted by molar-refractivity contribution is 5.62. The van der Waals surface area contributed by atoms with Gasteiger partial charge in [0.1, 0.15) is 11.5 Å². The molecule has 1 heterocycles. The smallest absolute Gasteiger partial charge is 0.144 e. The molecule has 2 N–H and O–H groups in total. The SMILES string of the molecule is CCOc1cc(N(C)Cc2ccoc2C)ccc1N. The van der Waals surface area contributed by atoms with Gasteiger partial charge >= 0.3 is 0 Å². The van der Waals surface area contributed by atoms with E-state index in [9.17, 15) is 0 Å². The van der Waals surface area contributed by atoms with Gasteiger partial charge < -0.3 is 19.8 Å². The number of hydrogen-bond acceptors (Lipinski definition) is 4. The first kappa shape index (κ1) is 13.3. The summed E-state index contributed by atoms with van der Waals surface area (Å²) in [5, 5.41) is 0. The molecule has 0 aliphatic rings. The molecule has 0 aliphatic carbocycles. The molecule has 0 radical (unpaired) electrons. The highest BCUT2D eigenvalue weighted by Crippen LogP contribution is 2.28. The van der Waals surface area contributed by atoms with E-state index in [0.29, 0.717) is 12.3 Å². The number of furan rings is 1. The predicted molar refractivity (Wildman–Crippen MR) is 77.6 cm³/mol. The van der Waals surface area contributed by atoms with Crippen molar-refractivity contribution in [2.45, 2.75) is 20.4 Å². The summed E-state index contributed by atoms with van der Waals surface area (Å²) in [7, 11) is 2.04. The van der Waals surface area contributed by atoms with Crippen LogP contribution in [-0.2, 0) is 6.54 Å². The summed E-state index contributed by atoms with van der Waals surface area (Å²) >= 11 is 0. The van der Waals surface area contributed by atoms with E-state index in [4.69, 9.17) is 14.9 Å². The second-order valence-corrected chi connectivity index (χ2v) is 4.51. The average Bonchev–Trinajstić information content (AvgIpc) is 2.78. The van der Waals surface area contributed by atoms with Gasteiger partial charge in [-0.1, -0.05) is 0 Å². The number of nitrogens with zero attached hydrogens (tertiary/aromatic N) is 1. The third-order valence-electron chi connectivity index (χ3n) is 3.11. The van der Waals surface area contributed by atoms with Crippen LogP contribution in [0.4, 0.5) is 11.4 Å². The fraction of sp³-hybridized carbons (Fsp3) is 0.333. The number of nitrogen functional groups attached to an aromatic ring is 1. The topological polar surface area (TPSA) is 51.6 Å². The molecule has 0 saturated heterocycles. The van der Waals surface area contributed by atoms with Gasteiger partial charge in [-0.2, -0.15) is 0 Å². The van der Waals surface area contributed by atoms with E-state index in [-0.39, 0.29) is 0 Å². The Morgan fingerprint density at radius 1 is 1.32 bits per heavy atom. The summed E-state index contributed by atoms with van der Waals surface area (Å²) in [6.45, 7) is 5.32. The molecule has 0 saturated carbocycles. The van der Waals surface area contributed by atoms with E-state index in [2.05, 4.69) is 4.90 Å². The molecule has 0 spiro atoms. The molecule has 1 aromatic heterocycles. The lowest BCUT2D eigenvalue weighted by molar-refractivity contribution is 0.342. The summed E-state index contributed by atoms with van der Waals surface area (Å²) < 4.78 is 10.8. The minimum Gasteiger partial charge on any atom is -0.492 e. The highest BCUT2D eigenvalue weighted by atomic mass is 16.5. The molecule has 2 aromatic rings. The minimum atomic E-state index is 0.609. The molecule has 19 heavy (non-hydrogen) atoms. The molecule has 0 atom stereocenters. The molecular formula is C15H20N2O2. The van der Waals surface area contributed by atoms with Gasteiger partial charge in [-0.25, -0.2) is 0 Å². The van der Waals surface area contributed by atoms with Crippen LogP contribution in [0.25, 0.3) is 0 Å². The number of nitrogens with two attached hydrogens (primary N) is 1. The van der Waals surface area contributed by atoms with E-state index >= 15 is 0 Å². The van der Waals surface area contributed by atoms with Gasteiger partial charge in [-0.15, -0.1) is 0 Å². The van der Waals surface area contributed by atoms with E-state index in [1.54, 1.807) is 6.26 Å². The maximum absolute atomic E-state index is 5.88. The fourth-order valence-electron chi connectivity index (χ4n) is 1.96. The Kier molecular flexibility index (Phi) is 4.00. The lowest BCUT2D eigenvalue weighted by atomic mass is 10.2. The van der Waals surface area contributed by atoms with E-state index in [1.165, 1.54) is 5.56 Å². The first-order valence-electron chi connectivity index (χ1n) is 6.38. The molecule has 0 unspecified atom stereocenters. The maximum Gasteiger partial charge on any atom is 0.144 e. The van der Waals surface area contributed by atoms with Gasteiger partial charge in [0.25, 0.3) is 0 Å². The van der Waals surface area contributed by atoms with Crippen molar-refractivity contribution < 1.29 is 9.15 Å². The zero-order chi connectivity index (χ0) is 13.8. The number of aryl methyl sites for hydroxylation is 1. The van der Waals surface area contributed by atoms with Crippen molar-refractivity contribution in [3.05, 3.63) is 41.9 Å². The van der Waals surface area contributed by atoms with Crippen molar-refractivity contribution >= 4 is 11.4 Å². The normalized spacial score (nSPS) is 10.5. The molecule has 4 nitrogen and oxygen atoms in total. The van der Waals surface area contributed by atoms with Crippen LogP contribution in [0.3, 0.4) is 0 Å². The second-order valence-electron chi connectivity index (χ2n) is 4.51. The predicted octanol–water partition coefficient (Wildman–Crippen LogP) is 3.21. The van der Waals surface area contributed by atoms with Crippen LogP contribution in [-0.4, -0.2) is 13.7 Å². The molecule has 0 fully saturated rings. The first-order chi connectivity index (χ1) is 9.11. The molecule has 4 heteroatoms. The van der Waals surface area contributed by atoms with E-state index in [0.717, 1.165) is 23.7 Å². The summed E-state index contributed by atoms with van der Waals surface area (Å²) in [6, 6.07) is 7.83. The van der Waals surface area contributed by atoms with Gasteiger partial charge in [-0.05, 0) is 32.0 Å². The number of rotatable bonds is 5. The quantitative estimate of drug-likeness (QED) is 0.839. The van der Waals surface area contributed by atoms with Gasteiger partial charge in [0, 0.05) is 30.9 Å². The zero-order valence-electron chi connectivity index (χ0n) is 11.6. The zero-order valence-corrected chi connectivity index (χ0v) is 11.6. The summed E-state index contributed by atoms with van der Waals surface area (Å²) in [4.78, 5) is 2.14. The van der Waals surface area contributed by atoms with Gasteiger partial charge in [0.15, 0.2) is 0 Å². The number of anilines is 2. The van der Waals surface area contributed by atoms with Crippen molar-refractivity contribution in [1.82, 2.24) is 0 Å². The van der Waals surface area contributed by atoms with Crippen LogP contribution in [0, 0.1) is 6.92 Å². The minimum absolute atomic E-state index is 0.609. The molecular weight excluding hydrogens is 240 g/mol. The third kappa shape index (κ3) is 3.02. The average molecular weight is 260 g/mol. The van der Waals surface area contributed by atoms with Crippen LogP contribution >= 0.6 is 0 Å². The van der Waals surface area contributed by atoms with Gasteiger partial charge in [0.05, 0.1) is 18.6 Å².